The molecular weight excluding hydrogens is 462 g/mol. The van der Waals surface area contributed by atoms with Crippen LogP contribution >= 0.6 is 0 Å². The van der Waals surface area contributed by atoms with E-state index in [0.717, 1.165) is 11.1 Å². The molecule has 3 aromatic rings. The number of H-pyrrole nitrogens is 1. The number of carbonyl (C=O) groups is 2. The number of hydrogen-bond donors (Lipinski definition) is 3. The van der Waals surface area contributed by atoms with Crippen LogP contribution < -0.4 is 27.2 Å². The Kier molecular flexibility index (Phi) is 9.18. The van der Waals surface area contributed by atoms with Gasteiger partial charge in [0.05, 0.1) is 19.0 Å². The fourth-order valence-electron chi connectivity index (χ4n) is 3.96. The van der Waals surface area contributed by atoms with Gasteiger partial charge in [0, 0.05) is 27.2 Å². The van der Waals surface area contributed by atoms with Gasteiger partial charge in [0.2, 0.25) is 11.8 Å². The maximum atomic E-state index is 13.6. The standard InChI is InChI=1S/C26H31N5O5/c1-18(32)28-21(20-12-7-4-8-13-20)16-22(33)30(14-9-15-36-2)23-24(27)31(26(35)29-25(23)34)17-19-10-5-3-6-11-19/h3-8,10-13,21H,9,14-17,27H2,1-2H3,(H,28,32)(H,29,34,35). The van der Waals surface area contributed by atoms with Gasteiger partial charge in [0.15, 0.2) is 5.69 Å². The summed E-state index contributed by atoms with van der Waals surface area (Å²) in [4.78, 5) is 54.6. The molecule has 36 heavy (non-hydrogen) atoms. The monoisotopic (exact) mass is 493 g/mol. The van der Waals surface area contributed by atoms with Crippen molar-refractivity contribution >= 4 is 23.3 Å². The zero-order valence-electron chi connectivity index (χ0n) is 20.4. The molecule has 10 nitrogen and oxygen atoms in total. The van der Waals surface area contributed by atoms with Gasteiger partial charge in [0.25, 0.3) is 5.56 Å². The van der Waals surface area contributed by atoms with Gasteiger partial charge in [-0.1, -0.05) is 60.7 Å². The lowest BCUT2D eigenvalue weighted by molar-refractivity contribution is -0.121. The number of rotatable bonds is 11. The summed E-state index contributed by atoms with van der Waals surface area (Å²) >= 11 is 0. The van der Waals surface area contributed by atoms with E-state index in [1.165, 1.54) is 23.5 Å². The summed E-state index contributed by atoms with van der Waals surface area (Å²) in [6.45, 7) is 1.97. The Balaban J connectivity index is 2.01. The Morgan fingerprint density at radius 2 is 1.72 bits per heavy atom. The number of aromatic nitrogens is 2. The third kappa shape index (κ3) is 6.70. The Morgan fingerprint density at radius 3 is 2.33 bits per heavy atom. The molecule has 0 saturated carbocycles. The lowest BCUT2D eigenvalue weighted by atomic mass is 10.0. The molecule has 2 amide bonds. The lowest BCUT2D eigenvalue weighted by Gasteiger charge is -2.27. The van der Waals surface area contributed by atoms with Crippen molar-refractivity contribution in [2.24, 2.45) is 0 Å². The summed E-state index contributed by atoms with van der Waals surface area (Å²) in [5, 5.41) is 2.80. The molecule has 0 aliphatic carbocycles. The summed E-state index contributed by atoms with van der Waals surface area (Å²) in [7, 11) is 1.54. The maximum absolute atomic E-state index is 13.6. The van der Waals surface area contributed by atoms with Crippen LogP contribution in [0, 0.1) is 0 Å². The Hall–Kier alpha value is -4.18. The Labute approximate surface area is 208 Å². The lowest BCUT2D eigenvalue weighted by Crippen LogP contribution is -2.43. The second kappa shape index (κ2) is 12.5. The fraction of sp³-hybridized carbons (Fsp3) is 0.308. The Bertz CT molecular complexity index is 1290. The third-order valence-electron chi connectivity index (χ3n) is 5.66. The smallest absolute Gasteiger partial charge is 0.330 e. The van der Waals surface area contributed by atoms with E-state index in [0.29, 0.717) is 13.0 Å². The van der Waals surface area contributed by atoms with Crippen LogP contribution in [0.5, 0.6) is 0 Å². The first-order valence-corrected chi connectivity index (χ1v) is 11.6. The molecule has 0 aliphatic heterocycles. The average Bonchev–Trinajstić information content (AvgIpc) is 2.86. The van der Waals surface area contributed by atoms with Crippen LogP contribution in [0.1, 0.15) is 36.9 Å². The van der Waals surface area contributed by atoms with Crippen LogP contribution in [0.3, 0.4) is 0 Å². The number of anilines is 2. The van der Waals surface area contributed by atoms with Gasteiger partial charge in [-0.15, -0.1) is 0 Å². The van der Waals surface area contributed by atoms with Crippen LogP contribution in [0.25, 0.3) is 0 Å². The van der Waals surface area contributed by atoms with E-state index in [1.807, 2.05) is 60.7 Å². The molecule has 3 rings (SSSR count). The SMILES string of the molecule is COCCCN(C(=O)CC(NC(C)=O)c1ccccc1)c1c(N)n(Cc2ccccc2)c(=O)[nH]c1=O. The van der Waals surface area contributed by atoms with E-state index in [-0.39, 0.29) is 36.9 Å². The van der Waals surface area contributed by atoms with Gasteiger partial charge in [0.1, 0.15) is 5.82 Å². The number of ether oxygens (including phenoxy) is 1. The summed E-state index contributed by atoms with van der Waals surface area (Å²) in [5.41, 5.74) is 6.35. The molecule has 0 aliphatic rings. The maximum Gasteiger partial charge on any atom is 0.330 e. The highest BCUT2D eigenvalue weighted by Crippen LogP contribution is 2.23. The van der Waals surface area contributed by atoms with Crippen molar-refractivity contribution in [3.63, 3.8) is 0 Å². The number of nitrogen functional groups attached to an aromatic ring is 1. The topological polar surface area (TPSA) is 140 Å². The summed E-state index contributed by atoms with van der Waals surface area (Å²) in [6, 6.07) is 17.6. The van der Waals surface area contributed by atoms with Crippen LogP contribution in [0.2, 0.25) is 0 Å². The van der Waals surface area contributed by atoms with Crippen molar-refractivity contribution in [1.82, 2.24) is 14.9 Å². The molecule has 190 valence electrons. The predicted molar refractivity (Wildman–Crippen MR) is 138 cm³/mol. The molecule has 0 spiro atoms. The van der Waals surface area contributed by atoms with E-state index in [1.54, 1.807) is 0 Å². The average molecular weight is 494 g/mol. The van der Waals surface area contributed by atoms with Crippen molar-refractivity contribution in [1.29, 1.82) is 0 Å². The van der Waals surface area contributed by atoms with E-state index in [2.05, 4.69) is 10.3 Å². The first kappa shape index (κ1) is 26.4. The number of nitrogens with one attached hydrogen (secondary N) is 2. The van der Waals surface area contributed by atoms with Gasteiger partial charge in [-0.25, -0.2) is 4.79 Å². The summed E-state index contributed by atoms with van der Waals surface area (Å²) < 4.78 is 6.35. The highest BCUT2D eigenvalue weighted by Gasteiger charge is 2.27. The molecule has 10 heteroatoms. The number of benzene rings is 2. The summed E-state index contributed by atoms with van der Waals surface area (Å²) in [6.07, 6.45) is 0.308. The minimum absolute atomic E-state index is 0.110. The van der Waals surface area contributed by atoms with Gasteiger partial charge in [-0.2, -0.15) is 0 Å². The number of amides is 2. The van der Waals surface area contributed by atoms with E-state index in [9.17, 15) is 19.2 Å². The zero-order valence-corrected chi connectivity index (χ0v) is 20.4. The van der Waals surface area contributed by atoms with Crippen LogP contribution in [-0.4, -0.2) is 41.6 Å². The van der Waals surface area contributed by atoms with Crippen LogP contribution in [-0.2, 0) is 20.9 Å². The molecule has 1 aromatic heterocycles. The van der Waals surface area contributed by atoms with E-state index < -0.39 is 23.2 Å². The van der Waals surface area contributed by atoms with Crippen molar-refractivity contribution in [3.8, 4) is 0 Å². The van der Waals surface area contributed by atoms with Gasteiger partial charge < -0.3 is 20.7 Å². The first-order valence-electron chi connectivity index (χ1n) is 11.6. The van der Waals surface area contributed by atoms with Gasteiger partial charge in [-0.05, 0) is 17.5 Å². The largest absolute Gasteiger partial charge is 0.385 e. The number of nitrogens with zero attached hydrogens (tertiary/aromatic N) is 2. The molecular formula is C26H31N5O5. The van der Waals surface area contributed by atoms with Crippen LogP contribution in [0.4, 0.5) is 11.5 Å². The molecule has 0 radical (unpaired) electrons. The predicted octanol–water partition coefficient (Wildman–Crippen LogP) is 1.80. The molecule has 1 unspecified atom stereocenters. The van der Waals surface area contributed by atoms with Crippen molar-refractivity contribution in [2.45, 2.75) is 32.4 Å². The number of aromatic amines is 1. The quantitative estimate of drug-likeness (QED) is 0.348. The normalized spacial score (nSPS) is 11.6. The highest BCUT2D eigenvalue weighted by atomic mass is 16.5. The number of carbonyl (C=O) groups excluding carboxylic acids is 2. The fourth-order valence-corrected chi connectivity index (χ4v) is 3.96. The number of methoxy groups -OCH3 is 1. The van der Waals surface area contributed by atoms with E-state index in [4.69, 9.17) is 10.5 Å². The van der Waals surface area contributed by atoms with Gasteiger partial charge in [-0.3, -0.25) is 23.9 Å². The van der Waals surface area contributed by atoms with Crippen molar-refractivity contribution in [2.75, 3.05) is 30.9 Å². The molecule has 0 saturated heterocycles. The van der Waals surface area contributed by atoms with Crippen LogP contribution in [0.15, 0.2) is 70.3 Å². The third-order valence-corrected chi connectivity index (χ3v) is 5.66. The minimum Gasteiger partial charge on any atom is -0.385 e. The minimum atomic E-state index is -0.761. The highest BCUT2D eigenvalue weighted by molar-refractivity contribution is 5.96. The second-order valence-electron chi connectivity index (χ2n) is 8.32. The van der Waals surface area contributed by atoms with Crippen molar-refractivity contribution < 1.29 is 14.3 Å². The van der Waals surface area contributed by atoms with E-state index >= 15 is 0 Å². The molecule has 0 bridgehead atoms. The molecule has 2 aromatic carbocycles. The van der Waals surface area contributed by atoms with Gasteiger partial charge >= 0.3 is 5.69 Å². The second-order valence-corrected chi connectivity index (χ2v) is 8.32. The molecule has 1 heterocycles. The first-order chi connectivity index (χ1) is 17.3. The Morgan fingerprint density at radius 1 is 1.08 bits per heavy atom. The molecule has 0 fully saturated rings. The van der Waals surface area contributed by atoms with Crippen molar-refractivity contribution in [3.05, 3.63) is 92.6 Å². The number of hydrogen-bond acceptors (Lipinski definition) is 6. The molecule has 4 N–H and O–H groups in total. The molecule has 1 atom stereocenters. The summed E-state index contributed by atoms with van der Waals surface area (Å²) in [5.74, 6) is -0.846. The number of nitrogens with two attached hydrogens (primary N) is 1. The zero-order chi connectivity index (χ0) is 26.1.